The first-order valence-corrected chi connectivity index (χ1v) is 8.29. The zero-order chi connectivity index (χ0) is 19.8. The maximum absolute atomic E-state index is 12.2. The van der Waals surface area contributed by atoms with Gasteiger partial charge >= 0.3 is 5.97 Å². The monoisotopic (exact) mass is 387 g/mol. The molecule has 2 aromatic rings. The Bertz CT molecular complexity index is 926. The van der Waals surface area contributed by atoms with Crippen LogP contribution in [0.4, 0.5) is 0 Å². The van der Waals surface area contributed by atoms with Crippen LogP contribution in [-0.4, -0.2) is 34.6 Å². The van der Waals surface area contributed by atoms with Crippen LogP contribution in [-0.2, 0) is 14.3 Å². The third kappa shape index (κ3) is 5.79. The number of aromatic hydroxyl groups is 1. The minimum absolute atomic E-state index is 0.0394. The second-order valence-electron chi connectivity index (χ2n) is 5.20. The molecule has 0 spiro atoms. The van der Waals surface area contributed by atoms with E-state index in [0.29, 0.717) is 0 Å². The van der Waals surface area contributed by atoms with E-state index in [-0.39, 0.29) is 23.0 Å². The number of hydrogen-bond acceptors (Lipinski definition) is 6. The number of carbonyl (C=O) groups excluding carboxylic acids is 3. The summed E-state index contributed by atoms with van der Waals surface area (Å²) < 4.78 is 4.63. The summed E-state index contributed by atoms with van der Waals surface area (Å²) >= 11 is 4.87. The molecule has 0 saturated carbocycles. The molecule has 0 atom stereocenters. The van der Waals surface area contributed by atoms with Gasteiger partial charge in [0.15, 0.2) is 5.11 Å². The predicted octanol–water partition coefficient (Wildman–Crippen LogP) is 1.30. The Balaban J connectivity index is 1.91. The molecule has 0 aliphatic rings. The fraction of sp³-hybridized carbons (Fsp3) is 0.111. The summed E-state index contributed by atoms with van der Waals surface area (Å²) in [7, 11) is 0. The highest BCUT2D eigenvalue weighted by Crippen LogP contribution is 2.24. The van der Waals surface area contributed by atoms with E-state index in [9.17, 15) is 19.5 Å². The molecule has 27 heavy (non-hydrogen) atoms. The van der Waals surface area contributed by atoms with Crippen molar-refractivity contribution in [3.8, 4) is 5.75 Å². The fourth-order valence-corrected chi connectivity index (χ4v) is 2.26. The zero-order valence-electron chi connectivity index (χ0n) is 14.3. The molecular weight excluding hydrogens is 370 g/mol. The number of esters is 1. The van der Waals surface area contributed by atoms with Gasteiger partial charge in [-0.05, 0) is 42.0 Å². The maximum atomic E-state index is 12.2. The van der Waals surface area contributed by atoms with Crippen LogP contribution >= 0.6 is 12.2 Å². The lowest BCUT2D eigenvalue weighted by atomic mass is 10.1. The van der Waals surface area contributed by atoms with Crippen molar-refractivity contribution in [1.82, 2.24) is 16.2 Å². The zero-order valence-corrected chi connectivity index (χ0v) is 15.1. The number of thiocarbonyl (C=S) groups is 1. The highest BCUT2D eigenvalue weighted by Gasteiger charge is 2.13. The largest absolute Gasteiger partial charge is 0.507 e. The molecule has 0 aliphatic carbocycles. The number of fused-ring (bicyclic) bond motifs is 1. The molecule has 140 valence electrons. The first kappa shape index (κ1) is 19.9. The van der Waals surface area contributed by atoms with Gasteiger partial charge in [0.05, 0.1) is 12.2 Å². The Morgan fingerprint density at radius 1 is 1.11 bits per heavy atom. The van der Waals surface area contributed by atoms with E-state index in [1.807, 2.05) is 18.2 Å². The highest BCUT2D eigenvalue weighted by atomic mass is 32.1. The number of hydrogen-bond donors (Lipinski definition) is 4. The van der Waals surface area contributed by atoms with Crippen molar-refractivity contribution < 1.29 is 24.2 Å². The van der Waals surface area contributed by atoms with Gasteiger partial charge in [0.1, 0.15) is 5.75 Å². The lowest BCUT2D eigenvalue weighted by Gasteiger charge is -2.11. The molecule has 0 saturated heterocycles. The van der Waals surface area contributed by atoms with Crippen LogP contribution in [0.15, 0.2) is 48.6 Å². The van der Waals surface area contributed by atoms with Crippen LogP contribution in [0.3, 0.4) is 0 Å². The smallest absolute Gasteiger partial charge is 0.330 e. The molecule has 4 N–H and O–H groups in total. The van der Waals surface area contributed by atoms with E-state index in [0.717, 1.165) is 22.9 Å². The quantitative estimate of drug-likeness (QED) is 0.270. The van der Waals surface area contributed by atoms with E-state index in [2.05, 4.69) is 20.9 Å². The van der Waals surface area contributed by atoms with Crippen molar-refractivity contribution in [3.63, 3.8) is 0 Å². The topological polar surface area (TPSA) is 117 Å². The van der Waals surface area contributed by atoms with Gasteiger partial charge < -0.3 is 9.84 Å². The predicted molar refractivity (Wildman–Crippen MR) is 103 cm³/mol. The van der Waals surface area contributed by atoms with Crippen LogP contribution < -0.4 is 16.2 Å². The Morgan fingerprint density at radius 3 is 2.44 bits per heavy atom. The van der Waals surface area contributed by atoms with E-state index in [1.54, 1.807) is 13.0 Å². The molecule has 0 aliphatic heterocycles. The van der Waals surface area contributed by atoms with E-state index >= 15 is 0 Å². The van der Waals surface area contributed by atoms with Crippen molar-refractivity contribution in [2.45, 2.75) is 6.92 Å². The Kier molecular flexibility index (Phi) is 6.84. The Labute approximate surface area is 160 Å². The number of phenolic OH excluding ortho intramolecular Hbond substituents is 1. The van der Waals surface area contributed by atoms with Gasteiger partial charge in [-0.15, -0.1) is 0 Å². The maximum Gasteiger partial charge on any atom is 0.330 e. The summed E-state index contributed by atoms with van der Waals surface area (Å²) in [5.74, 6) is -2.17. The normalized spacial score (nSPS) is 10.4. The lowest BCUT2D eigenvalue weighted by molar-refractivity contribution is -0.137. The molecule has 0 radical (unpaired) electrons. The third-order valence-corrected chi connectivity index (χ3v) is 3.50. The average Bonchev–Trinajstić information content (AvgIpc) is 2.64. The molecule has 8 nitrogen and oxygen atoms in total. The Hall–Kier alpha value is -3.46. The van der Waals surface area contributed by atoms with Gasteiger partial charge in [-0.2, -0.15) is 0 Å². The molecule has 2 aromatic carbocycles. The molecule has 0 heterocycles. The molecule has 0 fully saturated rings. The van der Waals surface area contributed by atoms with Crippen molar-refractivity contribution in [1.29, 1.82) is 0 Å². The first-order chi connectivity index (χ1) is 12.9. The van der Waals surface area contributed by atoms with E-state index in [4.69, 9.17) is 12.2 Å². The van der Waals surface area contributed by atoms with Gasteiger partial charge in [0, 0.05) is 12.2 Å². The molecule has 2 amide bonds. The Morgan fingerprint density at radius 2 is 1.78 bits per heavy atom. The number of carbonyl (C=O) groups is 3. The first-order valence-electron chi connectivity index (χ1n) is 7.88. The van der Waals surface area contributed by atoms with Crippen LogP contribution in [0.25, 0.3) is 10.8 Å². The number of hydrazine groups is 1. The summed E-state index contributed by atoms with van der Waals surface area (Å²) in [6.07, 6.45) is 1.90. The van der Waals surface area contributed by atoms with Crippen molar-refractivity contribution in [2.75, 3.05) is 6.61 Å². The molecule has 0 bridgehead atoms. The molecular formula is C18H17N3O5S. The van der Waals surface area contributed by atoms with Crippen LogP contribution in [0.1, 0.15) is 17.3 Å². The van der Waals surface area contributed by atoms with Crippen LogP contribution in [0, 0.1) is 0 Å². The molecule has 0 unspecified atom stereocenters. The van der Waals surface area contributed by atoms with E-state index < -0.39 is 17.8 Å². The summed E-state index contributed by atoms with van der Waals surface area (Å²) in [6, 6.07) is 10.3. The van der Waals surface area contributed by atoms with Gasteiger partial charge in [0.25, 0.3) is 5.91 Å². The number of rotatable bonds is 4. The number of nitrogens with one attached hydrogen (secondary N) is 3. The molecule has 0 aromatic heterocycles. The standard InChI is InChI=1S/C18H17N3O5S/c1-2-26-16(24)8-7-15(23)19-18(27)21-20-17(25)13-9-11-5-3-4-6-12(11)10-14(13)22/h3-10,22H,2H2,1H3,(H,20,25)(H2,19,21,23,27). The minimum atomic E-state index is -0.677. The van der Waals surface area contributed by atoms with Crippen LogP contribution in [0.5, 0.6) is 5.75 Å². The van der Waals surface area contributed by atoms with Gasteiger partial charge in [0.2, 0.25) is 5.91 Å². The average molecular weight is 387 g/mol. The summed E-state index contributed by atoms with van der Waals surface area (Å²) in [4.78, 5) is 34.9. The third-order valence-electron chi connectivity index (χ3n) is 3.29. The minimum Gasteiger partial charge on any atom is -0.507 e. The van der Waals surface area contributed by atoms with Crippen LogP contribution in [0.2, 0.25) is 0 Å². The van der Waals surface area contributed by atoms with E-state index in [1.165, 1.54) is 12.1 Å². The van der Waals surface area contributed by atoms with Crippen molar-refractivity contribution in [2.24, 2.45) is 0 Å². The van der Waals surface area contributed by atoms with Gasteiger partial charge in [-0.1, -0.05) is 24.3 Å². The van der Waals surface area contributed by atoms with Crippen molar-refractivity contribution >= 4 is 45.9 Å². The lowest BCUT2D eigenvalue weighted by Crippen LogP contribution is -2.48. The number of amides is 2. The number of benzene rings is 2. The molecule has 2 rings (SSSR count). The summed E-state index contributed by atoms with van der Waals surface area (Å²) in [5, 5.41) is 13.6. The fourth-order valence-electron chi connectivity index (χ4n) is 2.11. The van der Waals surface area contributed by atoms with Gasteiger partial charge in [-0.25, -0.2) is 4.79 Å². The van der Waals surface area contributed by atoms with Crippen molar-refractivity contribution in [3.05, 3.63) is 54.1 Å². The van der Waals surface area contributed by atoms with Gasteiger partial charge in [-0.3, -0.25) is 25.8 Å². The summed E-state index contributed by atoms with van der Waals surface area (Å²) in [6.45, 7) is 1.83. The highest BCUT2D eigenvalue weighted by molar-refractivity contribution is 7.80. The SMILES string of the molecule is CCOC(=O)C=CC(=O)NC(=S)NNC(=O)c1cc2ccccc2cc1O. The second-order valence-corrected chi connectivity index (χ2v) is 5.61. The number of ether oxygens (including phenoxy) is 1. The molecule has 9 heteroatoms. The second kappa shape index (κ2) is 9.30. The number of phenols is 1. The summed E-state index contributed by atoms with van der Waals surface area (Å²) in [5.41, 5.74) is 4.65.